The Hall–Kier alpha value is -1.36. The predicted octanol–water partition coefficient (Wildman–Crippen LogP) is 1.61. The van der Waals surface area contributed by atoms with E-state index in [-0.39, 0.29) is 18.4 Å². The van der Waals surface area contributed by atoms with Gasteiger partial charge in [-0.2, -0.15) is 0 Å². The summed E-state index contributed by atoms with van der Waals surface area (Å²) in [5.41, 5.74) is 1.74. The number of nitrogens with zero attached hydrogens (tertiary/aromatic N) is 1. The second-order valence-corrected chi connectivity index (χ2v) is 4.95. The molecule has 0 aliphatic carbocycles. The fourth-order valence-electron chi connectivity index (χ4n) is 1.90. The molecule has 0 spiro atoms. The summed E-state index contributed by atoms with van der Waals surface area (Å²) in [6.07, 6.45) is 0. The normalized spacial score (nSPS) is 20.4. The van der Waals surface area contributed by atoms with Gasteiger partial charge in [0.15, 0.2) is 0 Å². The first-order valence-corrected chi connectivity index (χ1v) is 6.16. The van der Waals surface area contributed by atoms with Gasteiger partial charge < -0.3 is 10.2 Å². The van der Waals surface area contributed by atoms with Crippen LogP contribution in [0.15, 0.2) is 22.7 Å². The van der Waals surface area contributed by atoms with Gasteiger partial charge in [-0.15, -0.1) is 0 Å². The van der Waals surface area contributed by atoms with Crippen LogP contribution in [-0.2, 0) is 9.59 Å². The Balaban J connectivity index is 2.41. The van der Waals surface area contributed by atoms with Crippen LogP contribution < -0.4 is 10.2 Å². The third-order valence-corrected chi connectivity index (χ3v) is 3.70. The maximum absolute atomic E-state index is 12.0. The minimum Gasteiger partial charge on any atom is -0.343 e. The predicted molar refractivity (Wildman–Crippen MR) is 68.8 cm³/mol. The molecule has 1 aliphatic rings. The highest BCUT2D eigenvalue weighted by molar-refractivity contribution is 9.10. The number of halogens is 1. The molecule has 1 unspecified atom stereocenters. The van der Waals surface area contributed by atoms with Crippen molar-refractivity contribution >= 4 is 33.4 Å². The summed E-state index contributed by atoms with van der Waals surface area (Å²) in [6, 6.07) is 5.16. The average Bonchev–Trinajstić information content (AvgIpc) is 2.27. The van der Waals surface area contributed by atoms with Crippen LogP contribution in [0.2, 0.25) is 0 Å². The molecule has 4 nitrogen and oxygen atoms in total. The number of anilines is 1. The molecule has 1 saturated heterocycles. The second kappa shape index (κ2) is 4.49. The summed E-state index contributed by atoms with van der Waals surface area (Å²) in [7, 11) is 0. The first kappa shape index (κ1) is 12.1. The van der Waals surface area contributed by atoms with E-state index in [4.69, 9.17) is 0 Å². The Morgan fingerprint density at radius 2 is 2.12 bits per heavy atom. The van der Waals surface area contributed by atoms with Gasteiger partial charge in [-0.05, 0) is 31.5 Å². The van der Waals surface area contributed by atoms with Gasteiger partial charge in [0.1, 0.15) is 12.6 Å². The molecule has 17 heavy (non-hydrogen) atoms. The minimum atomic E-state index is -0.463. The van der Waals surface area contributed by atoms with E-state index < -0.39 is 6.04 Å². The van der Waals surface area contributed by atoms with E-state index in [1.165, 1.54) is 4.90 Å². The van der Waals surface area contributed by atoms with Crippen molar-refractivity contribution in [3.05, 3.63) is 28.2 Å². The van der Waals surface area contributed by atoms with Crippen LogP contribution in [0.5, 0.6) is 0 Å². The number of hydrogen-bond donors (Lipinski definition) is 1. The Bertz CT molecular complexity index is 487. The molecule has 2 amide bonds. The third kappa shape index (κ3) is 2.20. The lowest BCUT2D eigenvalue weighted by atomic mass is 10.1. The van der Waals surface area contributed by atoms with Crippen LogP contribution in [0.25, 0.3) is 0 Å². The van der Waals surface area contributed by atoms with E-state index in [2.05, 4.69) is 21.2 Å². The van der Waals surface area contributed by atoms with Crippen LogP contribution >= 0.6 is 15.9 Å². The zero-order valence-electron chi connectivity index (χ0n) is 9.66. The number of rotatable bonds is 1. The topological polar surface area (TPSA) is 49.4 Å². The lowest BCUT2D eigenvalue weighted by Crippen LogP contribution is -2.57. The lowest BCUT2D eigenvalue weighted by molar-refractivity contribution is -0.130. The quantitative estimate of drug-likeness (QED) is 0.856. The summed E-state index contributed by atoms with van der Waals surface area (Å²) in [5.74, 6) is -0.206. The van der Waals surface area contributed by atoms with Crippen molar-refractivity contribution in [3.8, 4) is 0 Å². The molecule has 1 heterocycles. The average molecular weight is 297 g/mol. The molecule has 1 aliphatic heterocycles. The maximum atomic E-state index is 12.0. The van der Waals surface area contributed by atoms with Gasteiger partial charge in [-0.3, -0.25) is 9.59 Å². The molecule has 1 aromatic rings. The van der Waals surface area contributed by atoms with Crippen LogP contribution in [0, 0.1) is 6.92 Å². The van der Waals surface area contributed by atoms with Gasteiger partial charge in [-0.1, -0.05) is 22.0 Å². The van der Waals surface area contributed by atoms with E-state index in [0.717, 1.165) is 15.7 Å². The SMILES string of the molecule is Cc1c(Br)cccc1N1CC(=O)NC(C)C1=O. The van der Waals surface area contributed by atoms with Crippen LogP contribution in [0.1, 0.15) is 12.5 Å². The van der Waals surface area contributed by atoms with E-state index in [0.29, 0.717) is 0 Å². The molecule has 1 aromatic carbocycles. The van der Waals surface area contributed by atoms with E-state index >= 15 is 0 Å². The number of hydrogen-bond acceptors (Lipinski definition) is 2. The molecule has 0 aromatic heterocycles. The van der Waals surface area contributed by atoms with Gasteiger partial charge in [-0.25, -0.2) is 0 Å². The molecule has 0 saturated carbocycles. The van der Waals surface area contributed by atoms with Gasteiger partial charge in [0.25, 0.3) is 0 Å². The molecule has 5 heteroatoms. The Morgan fingerprint density at radius 1 is 1.41 bits per heavy atom. The number of carbonyl (C=O) groups excluding carboxylic acids is 2. The molecule has 2 rings (SSSR count). The Kier molecular flexibility index (Phi) is 3.19. The van der Waals surface area contributed by atoms with Crippen molar-refractivity contribution in [3.63, 3.8) is 0 Å². The monoisotopic (exact) mass is 296 g/mol. The first-order valence-electron chi connectivity index (χ1n) is 5.36. The third-order valence-electron chi connectivity index (χ3n) is 2.85. The standard InChI is InChI=1S/C12H13BrN2O2/c1-7-9(13)4-3-5-10(7)15-6-11(16)14-8(2)12(15)17/h3-5,8H,6H2,1-2H3,(H,14,16). The highest BCUT2D eigenvalue weighted by Crippen LogP contribution is 2.27. The molecule has 1 atom stereocenters. The van der Waals surface area contributed by atoms with Crippen molar-refractivity contribution in [1.82, 2.24) is 5.32 Å². The van der Waals surface area contributed by atoms with Crippen LogP contribution in [0.3, 0.4) is 0 Å². The van der Waals surface area contributed by atoms with Crippen molar-refractivity contribution in [2.75, 3.05) is 11.4 Å². The zero-order chi connectivity index (χ0) is 12.6. The smallest absolute Gasteiger partial charge is 0.249 e. The largest absolute Gasteiger partial charge is 0.343 e. The fourth-order valence-corrected chi connectivity index (χ4v) is 2.25. The minimum absolute atomic E-state index is 0.0780. The summed E-state index contributed by atoms with van der Waals surface area (Å²) in [5, 5.41) is 2.62. The summed E-state index contributed by atoms with van der Waals surface area (Å²) in [4.78, 5) is 25.0. The Morgan fingerprint density at radius 3 is 2.82 bits per heavy atom. The van der Waals surface area contributed by atoms with Crippen LogP contribution in [-0.4, -0.2) is 24.4 Å². The Labute approximate surface area is 108 Å². The van der Waals surface area contributed by atoms with Gasteiger partial charge >= 0.3 is 0 Å². The summed E-state index contributed by atoms with van der Waals surface area (Å²) >= 11 is 3.42. The number of amides is 2. The summed E-state index contributed by atoms with van der Waals surface area (Å²) in [6.45, 7) is 3.70. The van der Waals surface area contributed by atoms with E-state index in [1.807, 2.05) is 25.1 Å². The molecule has 1 N–H and O–H groups in total. The molecule has 1 fully saturated rings. The number of piperazine rings is 1. The lowest BCUT2D eigenvalue weighted by Gasteiger charge is -2.31. The van der Waals surface area contributed by atoms with Gasteiger partial charge in [0.2, 0.25) is 11.8 Å². The van der Waals surface area contributed by atoms with Gasteiger partial charge in [0, 0.05) is 10.2 Å². The molecular weight excluding hydrogens is 284 g/mol. The first-order chi connectivity index (χ1) is 8.00. The van der Waals surface area contributed by atoms with E-state index in [1.54, 1.807) is 6.92 Å². The van der Waals surface area contributed by atoms with Crippen molar-refractivity contribution in [2.45, 2.75) is 19.9 Å². The van der Waals surface area contributed by atoms with Crippen LogP contribution in [0.4, 0.5) is 5.69 Å². The second-order valence-electron chi connectivity index (χ2n) is 4.10. The molecule has 90 valence electrons. The zero-order valence-corrected chi connectivity index (χ0v) is 11.2. The molecule has 0 radical (unpaired) electrons. The summed E-state index contributed by atoms with van der Waals surface area (Å²) < 4.78 is 0.932. The maximum Gasteiger partial charge on any atom is 0.249 e. The molecule has 0 bridgehead atoms. The van der Waals surface area contributed by atoms with Crippen molar-refractivity contribution in [2.24, 2.45) is 0 Å². The van der Waals surface area contributed by atoms with Gasteiger partial charge in [0.05, 0.1) is 0 Å². The fraction of sp³-hybridized carbons (Fsp3) is 0.333. The number of nitrogens with one attached hydrogen (secondary N) is 1. The van der Waals surface area contributed by atoms with Crippen molar-refractivity contribution < 1.29 is 9.59 Å². The van der Waals surface area contributed by atoms with E-state index in [9.17, 15) is 9.59 Å². The highest BCUT2D eigenvalue weighted by atomic mass is 79.9. The van der Waals surface area contributed by atoms with Crippen molar-refractivity contribution in [1.29, 1.82) is 0 Å². The highest BCUT2D eigenvalue weighted by Gasteiger charge is 2.31. The number of carbonyl (C=O) groups is 2. The molecular formula is C12H13BrN2O2. The number of benzene rings is 1.